The SMILES string of the molecule is COc1cc(N(C)CCOC=O)ccc1Nc1nc(NC2CCCCC2)c2c(C#N)c[nH]c2n1. The first-order valence-electron chi connectivity index (χ1n) is 11.4. The predicted octanol–water partition coefficient (Wildman–Crippen LogP) is 3.94. The van der Waals surface area contributed by atoms with Crippen molar-refractivity contribution < 1.29 is 14.3 Å². The van der Waals surface area contributed by atoms with E-state index >= 15 is 0 Å². The molecule has 178 valence electrons. The van der Waals surface area contributed by atoms with Gasteiger partial charge >= 0.3 is 0 Å². The number of carbonyl (C=O) groups is 1. The van der Waals surface area contributed by atoms with Gasteiger partial charge in [0.25, 0.3) is 6.47 Å². The summed E-state index contributed by atoms with van der Waals surface area (Å²) in [6, 6.07) is 8.28. The molecular formula is C24H29N7O3. The van der Waals surface area contributed by atoms with Gasteiger partial charge in [-0.25, -0.2) is 0 Å². The van der Waals surface area contributed by atoms with E-state index < -0.39 is 0 Å². The summed E-state index contributed by atoms with van der Waals surface area (Å²) in [5.74, 6) is 1.67. The molecule has 0 aliphatic heterocycles. The van der Waals surface area contributed by atoms with Crippen LogP contribution < -0.4 is 20.3 Å². The average molecular weight is 464 g/mol. The number of hydrogen-bond acceptors (Lipinski definition) is 9. The molecular weight excluding hydrogens is 434 g/mol. The summed E-state index contributed by atoms with van der Waals surface area (Å²) in [5.41, 5.74) is 2.73. The molecule has 4 rings (SSSR count). The number of anilines is 4. The number of nitriles is 1. The summed E-state index contributed by atoms with van der Waals surface area (Å²) < 4.78 is 10.4. The Bertz CT molecular complexity index is 1180. The largest absolute Gasteiger partial charge is 0.494 e. The summed E-state index contributed by atoms with van der Waals surface area (Å²) in [6.45, 7) is 1.30. The molecule has 1 aliphatic rings. The first kappa shape index (κ1) is 23.2. The number of aromatic amines is 1. The van der Waals surface area contributed by atoms with Crippen LogP contribution in [0.15, 0.2) is 24.4 Å². The number of H-pyrrole nitrogens is 1. The van der Waals surface area contributed by atoms with Crippen LogP contribution in [0, 0.1) is 11.3 Å². The van der Waals surface area contributed by atoms with Crippen molar-refractivity contribution in [3.63, 3.8) is 0 Å². The summed E-state index contributed by atoms with van der Waals surface area (Å²) >= 11 is 0. The molecule has 0 saturated heterocycles. The lowest BCUT2D eigenvalue weighted by Crippen LogP contribution is -2.23. The molecule has 0 unspecified atom stereocenters. The molecule has 1 saturated carbocycles. The van der Waals surface area contributed by atoms with Crippen LogP contribution >= 0.6 is 0 Å². The fraction of sp³-hybridized carbons (Fsp3) is 0.417. The maximum atomic E-state index is 10.4. The van der Waals surface area contributed by atoms with E-state index in [1.165, 1.54) is 19.3 Å². The van der Waals surface area contributed by atoms with Crippen molar-refractivity contribution in [3.8, 4) is 11.8 Å². The Labute approximate surface area is 198 Å². The van der Waals surface area contributed by atoms with Crippen LogP contribution in [0.25, 0.3) is 11.0 Å². The average Bonchev–Trinajstić information content (AvgIpc) is 3.28. The van der Waals surface area contributed by atoms with E-state index in [9.17, 15) is 10.1 Å². The number of fused-ring (bicyclic) bond motifs is 1. The Morgan fingerprint density at radius 3 is 2.85 bits per heavy atom. The summed E-state index contributed by atoms with van der Waals surface area (Å²) in [5, 5.41) is 17.1. The third-order valence-electron chi connectivity index (χ3n) is 6.08. The van der Waals surface area contributed by atoms with Crippen molar-refractivity contribution in [2.24, 2.45) is 0 Å². The molecule has 3 N–H and O–H groups in total. The van der Waals surface area contributed by atoms with Crippen molar-refractivity contribution in [1.82, 2.24) is 15.0 Å². The molecule has 0 bridgehead atoms. The van der Waals surface area contributed by atoms with E-state index in [1.807, 2.05) is 30.1 Å². The van der Waals surface area contributed by atoms with Crippen LogP contribution in [0.2, 0.25) is 0 Å². The molecule has 0 amide bonds. The van der Waals surface area contributed by atoms with Crippen molar-refractivity contribution in [1.29, 1.82) is 5.26 Å². The topological polar surface area (TPSA) is 128 Å². The van der Waals surface area contributed by atoms with Crippen LogP contribution in [0.4, 0.5) is 23.1 Å². The van der Waals surface area contributed by atoms with Crippen molar-refractivity contribution in [2.45, 2.75) is 38.1 Å². The minimum atomic E-state index is 0.299. The lowest BCUT2D eigenvalue weighted by atomic mass is 9.95. The van der Waals surface area contributed by atoms with Gasteiger partial charge in [-0.3, -0.25) is 4.79 Å². The molecule has 0 radical (unpaired) electrons. The van der Waals surface area contributed by atoms with E-state index in [2.05, 4.69) is 26.7 Å². The second kappa shape index (κ2) is 10.7. The van der Waals surface area contributed by atoms with Gasteiger partial charge in [-0.15, -0.1) is 0 Å². The number of nitrogens with one attached hydrogen (secondary N) is 3. The van der Waals surface area contributed by atoms with E-state index in [0.717, 1.165) is 18.5 Å². The maximum absolute atomic E-state index is 10.4. The quantitative estimate of drug-likeness (QED) is 0.302. The first-order valence-corrected chi connectivity index (χ1v) is 11.4. The zero-order chi connectivity index (χ0) is 23.9. The number of likely N-dealkylation sites (N-methyl/N-ethyl adjacent to an activating group) is 1. The van der Waals surface area contributed by atoms with Crippen molar-refractivity contribution in [3.05, 3.63) is 30.0 Å². The highest BCUT2D eigenvalue weighted by molar-refractivity contribution is 5.93. The van der Waals surface area contributed by atoms with Gasteiger partial charge in [0.1, 0.15) is 29.9 Å². The van der Waals surface area contributed by atoms with Gasteiger partial charge in [-0.2, -0.15) is 15.2 Å². The summed E-state index contributed by atoms with van der Waals surface area (Å²) in [7, 11) is 3.51. The molecule has 0 atom stereocenters. The number of nitrogens with zero attached hydrogens (tertiary/aromatic N) is 4. The third kappa shape index (κ3) is 5.14. The second-order valence-corrected chi connectivity index (χ2v) is 8.31. The highest BCUT2D eigenvalue weighted by Gasteiger charge is 2.19. The van der Waals surface area contributed by atoms with Crippen LogP contribution in [0.3, 0.4) is 0 Å². The lowest BCUT2D eigenvalue weighted by molar-refractivity contribution is -0.128. The Morgan fingerprint density at radius 2 is 2.12 bits per heavy atom. The molecule has 0 spiro atoms. The number of ether oxygens (including phenoxy) is 2. The minimum Gasteiger partial charge on any atom is -0.494 e. The van der Waals surface area contributed by atoms with Crippen LogP contribution in [-0.2, 0) is 9.53 Å². The van der Waals surface area contributed by atoms with Gasteiger partial charge in [0.05, 0.1) is 30.3 Å². The van der Waals surface area contributed by atoms with Crippen LogP contribution in [0.1, 0.15) is 37.7 Å². The standard InChI is InChI=1S/C24H29N7O3/c1-31(10-11-34-15-32)18-8-9-19(20(12-18)33-2)28-24-29-22-21(16(13-25)14-26-22)23(30-24)27-17-6-4-3-5-7-17/h8-9,12,14-15,17H,3-7,10-11H2,1-2H3,(H3,26,27,28,29,30). The van der Waals surface area contributed by atoms with Crippen molar-refractivity contribution >= 4 is 40.6 Å². The molecule has 1 fully saturated rings. The Balaban J connectivity index is 1.61. The van der Waals surface area contributed by atoms with Gasteiger partial charge in [0, 0.05) is 31.0 Å². The zero-order valence-corrected chi connectivity index (χ0v) is 19.4. The predicted molar refractivity (Wildman–Crippen MR) is 131 cm³/mol. The second-order valence-electron chi connectivity index (χ2n) is 8.31. The number of benzene rings is 1. The molecule has 3 aromatic rings. The van der Waals surface area contributed by atoms with Crippen molar-refractivity contribution in [2.75, 3.05) is 42.8 Å². The van der Waals surface area contributed by atoms with Gasteiger partial charge in [-0.05, 0) is 25.0 Å². The number of hydrogen-bond donors (Lipinski definition) is 3. The molecule has 10 nitrogen and oxygen atoms in total. The number of aromatic nitrogens is 3. The molecule has 1 aliphatic carbocycles. The molecule has 1 aromatic carbocycles. The van der Waals surface area contributed by atoms with E-state index in [0.29, 0.717) is 65.5 Å². The minimum absolute atomic E-state index is 0.299. The lowest BCUT2D eigenvalue weighted by Gasteiger charge is -2.24. The Morgan fingerprint density at radius 1 is 1.29 bits per heavy atom. The molecule has 10 heteroatoms. The van der Waals surface area contributed by atoms with Gasteiger partial charge in [-0.1, -0.05) is 19.3 Å². The molecule has 2 heterocycles. The third-order valence-corrected chi connectivity index (χ3v) is 6.08. The number of rotatable bonds is 10. The monoisotopic (exact) mass is 463 g/mol. The summed E-state index contributed by atoms with van der Waals surface area (Å²) in [6.07, 6.45) is 7.47. The van der Waals surface area contributed by atoms with Crippen LogP contribution in [-0.4, -0.2) is 54.8 Å². The highest BCUT2D eigenvalue weighted by atomic mass is 16.5. The molecule has 34 heavy (non-hydrogen) atoms. The normalized spacial score (nSPS) is 13.8. The molecule has 2 aromatic heterocycles. The Hall–Kier alpha value is -4.00. The van der Waals surface area contributed by atoms with E-state index in [4.69, 9.17) is 14.5 Å². The fourth-order valence-corrected chi connectivity index (χ4v) is 4.23. The maximum Gasteiger partial charge on any atom is 0.293 e. The Kier molecular flexibility index (Phi) is 7.32. The smallest absolute Gasteiger partial charge is 0.293 e. The first-order chi connectivity index (χ1) is 16.6. The highest BCUT2D eigenvalue weighted by Crippen LogP contribution is 2.33. The van der Waals surface area contributed by atoms with E-state index in [1.54, 1.807) is 13.3 Å². The number of methoxy groups -OCH3 is 1. The summed E-state index contributed by atoms with van der Waals surface area (Å²) in [4.78, 5) is 24.8. The fourth-order valence-electron chi connectivity index (χ4n) is 4.23. The van der Waals surface area contributed by atoms with Gasteiger partial charge < -0.3 is 30.0 Å². The van der Waals surface area contributed by atoms with E-state index in [-0.39, 0.29) is 0 Å². The zero-order valence-electron chi connectivity index (χ0n) is 19.4. The van der Waals surface area contributed by atoms with Crippen LogP contribution in [0.5, 0.6) is 5.75 Å². The van der Waals surface area contributed by atoms with Gasteiger partial charge in [0.15, 0.2) is 0 Å². The number of carbonyl (C=O) groups excluding carboxylic acids is 1. The van der Waals surface area contributed by atoms with Gasteiger partial charge in [0.2, 0.25) is 5.95 Å².